The van der Waals surface area contributed by atoms with Gasteiger partial charge in [0, 0.05) is 5.56 Å². The quantitative estimate of drug-likeness (QED) is 0.215. The molecule has 0 saturated heterocycles. The molecule has 0 atom stereocenters. The lowest BCUT2D eigenvalue weighted by atomic mass is 10.1. The molecular weight excluding hydrogens is 204 g/mol. The maximum atomic E-state index is 11.2. The Morgan fingerprint density at radius 1 is 1.13 bits per heavy atom. The van der Waals surface area contributed by atoms with Crippen LogP contribution in [0.4, 0.5) is 0 Å². The van der Waals surface area contributed by atoms with E-state index in [1.807, 2.05) is 0 Å². The fourth-order valence-corrected chi connectivity index (χ4v) is 0.942. The lowest BCUT2D eigenvalue weighted by Gasteiger charge is -2.04. The van der Waals surface area contributed by atoms with Gasteiger partial charge in [-0.1, -0.05) is 0 Å². The van der Waals surface area contributed by atoms with E-state index in [-0.39, 0.29) is 11.8 Å². The van der Waals surface area contributed by atoms with E-state index in [0.717, 1.165) is 12.1 Å². The number of carbonyl (C=O) groups excluding carboxylic acids is 1. The third-order valence-electron chi connectivity index (χ3n) is 1.69. The molecular formula is C9H8O6. The van der Waals surface area contributed by atoms with Crippen LogP contribution >= 0.6 is 0 Å². The SMILES string of the molecule is O=C(/C(O)=C/O)c1cc(O)c(O)c(O)c1. The van der Waals surface area contributed by atoms with Crippen LogP contribution in [0.25, 0.3) is 0 Å². The number of hydrogen-bond donors (Lipinski definition) is 5. The topological polar surface area (TPSA) is 118 Å². The largest absolute Gasteiger partial charge is 0.512 e. The van der Waals surface area contributed by atoms with Crippen molar-refractivity contribution in [3.63, 3.8) is 0 Å². The predicted octanol–water partition coefficient (Wildman–Crippen LogP) is 0.943. The molecule has 0 radical (unpaired) electrons. The van der Waals surface area contributed by atoms with Gasteiger partial charge in [-0.2, -0.15) is 0 Å². The number of rotatable bonds is 2. The Morgan fingerprint density at radius 2 is 1.60 bits per heavy atom. The molecule has 0 amide bonds. The van der Waals surface area contributed by atoms with Crippen molar-refractivity contribution >= 4 is 5.78 Å². The minimum absolute atomic E-state index is 0.184. The molecule has 0 saturated carbocycles. The Kier molecular flexibility index (Phi) is 2.70. The minimum atomic E-state index is -0.997. The summed E-state index contributed by atoms with van der Waals surface area (Å²) in [6.07, 6.45) is 0.184. The molecule has 0 heterocycles. The summed E-state index contributed by atoms with van der Waals surface area (Å²) in [5.74, 6) is -4.12. The monoisotopic (exact) mass is 212 g/mol. The van der Waals surface area contributed by atoms with Gasteiger partial charge in [0.15, 0.2) is 23.0 Å². The second-order valence-corrected chi connectivity index (χ2v) is 2.71. The molecule has 0 unspecified atom stereocenters. The van der Waals surface area contributed by atoms with Crippen LogP contribution in [0.15, 0.2) is 24.2 Å². The summed E-state index contributed by atoms with van der Waals surface area (Å²) in [6.45, 7) is 0. The van der Waals surface area contributed by atoms with Crippen molar-refractivity contribution in [3.05, 3.63) is 29.7 Å². The Morgan fingerprint density at radius 3 is 2.00 bits per heavy atom. The van der Waals surface area contributed by atoms with E-state index in [1.165, 1.54) is 0 Å². The molecule has 0 fully saturated rings. The molecule has 0 aliphatic rings. The van der Waals surface area contributed by atoms with E-state index >= 15 is 0 Å². The van der Waals surface area contributed by atoms with Gasteiger partial charge in [0.05, 0.1) is 0 Å². The van der Waals surface area contributed by atoms with E-state index in [0.29, 0.717) is 0 Å². The second kappa shape index (κ2) is 3.79. The van der Waals surface area contributed by atoms with Crippen LogP contribution in [-0.4, -0.2) is 31.3 Å². The molecule has 5 N–H and O–H groups in total. The Balaban J connectivity index is 3.23. The number of ketones is 1. The molecule has 1 rings (SSSR count). The lowest BCUT2D eigenvalue weighted by Crippen LogP contribution is -2.02. The molecule has 0 aliphatic carbocycles. The molecule has 1 aromatic carbocycles. The highest BCUT2D eigenvalue weighted by Crippen LogP contribution is 2.35. The second-order valence-electron chi connectivity index (χ2n) is 2.71. The normalized spacial score (nSPS) is 11.3. The van der Waals surface area contributed by atoms with Crippen LogP contribution in [0.5, 0.6) is 17.2 Å². The van der Waals surface area contributed by atoms with Crippen LogP contribution in [-0.2, 0) is 0 Å². The van der Waals surface area contributed by atoms with Crippen molar-refractivity contribution in [2.24, 2.45) is 0 Å². The van der Waals surface area contributed by atoms with Gasteiger partial charge in [0.1, 0.15) is 6.26 Å². The smallest absolute Gasteiger partial charge is 0.230 e. The number of aromatic hydroxyl groups is 3. The van der Waals surface area contributed by atoms with Gasteiger partial charge in [-0.15, -0.1) is 0 Å². The van der Waals surface area contributed by atoms with Crippen molar-refractivity contribution in [3.8, 4) is 17.2 Å². The third kappa shape index (κ3) is 1.93. The average molecular weight is 212 g/mol. The zero-order chi connectivity index (χ0) is 11.6. The van der Waals surface area contributed by atoms with Crippen LogP contribution in [0.2, 0.25) is 0 Å². The first-order chi connectivity index (χ1) is 6.97. The number of carbonyl (C=O) groups is 1. The molecule has 6 heteroatoms. The molecule has 1 aromatic rings. The zero-order valence-corrected chi connectivity index (χ0v) is 7.38. The molecule has 6 nitrogen and oxygen atoms in total. The van der Waals surface area contributed by atoms with Gasteiger partial charge >= 0.3 is 0 Å². The van der Waals surface area contributed by atoms with E-state index in [2.05, 4.69) is 0 Å². The standard InChI is InChI=1S/C9H8O6/c10-3-7(13)8(14)4-1-5(11)9(15)6(12)2-4/h1-3,10-13,15H/b7-3-. The Bertz CT molecular complexity index is 411. The van der Waals surface area contributed by atoms with Crippen LogP contribution < -0.4 is 0 Å². The van der Waals surface area contributed by atoms with Gasteiger partial charge in [-0.05, 0) is 12.1 Å². The molecule has 0 aromatic heterocycles. The van der Waals surface area contributed by atoms with E-state index in [9.17, 15) is 4.79 Å². The van der Waals surface area contributed by atoms with Gasteiger partial charge < -0.3 is 25.5 Å². The minimum Gasteiger partial charge on any atom is -0.512 e. The first kappa shape index (κ1) is 10.7. The highest BCUT2D eigenvalue weighted by atomic mass is 16.3. The number of Topliss-reactive ketones (excluding diaryl/α,β-unsaturated/α-hetero) is 1. The van der Waals surface area contributed by atoms with Crippen molar-refractivity contribution in [1.29, 1.82) is 0 Å². The number of benzene rings is 1. The zero-order valence-electron chi connectivity index (χ0n) is 7.38. The van der Waals surface area contributed by atoms with Crippen LogP contribution in [0.1, 0.15) is 10.4 Å². The maximum absolute atomic E-state index is 11.2. The van der Waals surface area contributed by atoms with E-state index in [1.54, 1.807) is 0 Å². The van der Waals surface area contributed by atoms with Crippen molar-refractivity contribution in [2.45, 2.75) is 0 Å². The first-order valence-corrected chi connectivity index (χ1v) is 3.80. The molecule has 0 bridgehead atoms. The Labute approximate surface area is 84.0 Å². The summed E-state index contributed by atoms with van der Waals surface area (Å²) in [5, 5.41) is 44.3. The predicted molar refractivity (Wildman–Crippen MR) is 49.1 cm³/mol. The summed E-state index contributed by atoms with van der Waals surface area (Å²) in [7, 11) is 0. The van der Waals surface area contributed by atoms with Gasteiger partial charge in [0.2, 0.25) is 5.78 Å². The molecule has 15 heavy (non-hydrogen) atoms. The highest BCUT2D eigenvalue weighted by Gasteiger charge is 2.16. The summed E-state index contributed by atoms with van der Waals surface area (Å²) < 4.78 is 0. The van der Waals surface area contributed by atoms with Crippen LogP contribution in [0, 0.1) is 0 Å². The van der Waals surface area contributed by atoms with Crippen LogP contribution in [0.3, 0.4) is 0 Å². The fraction of sp³-hybridized carbons (Fsp3) is 0. The van der Waals surface area contributed by atoms with Gasteiger partial charge in [-0.25, -0.2) is 0 Å². The number of hydrogen-bond acceptors (Lipinski definition) is 6. The third-order valence-corrected chi connectivity index (χ3v) is 1.69. The van der Waals surface area contributed by atoms with Crippen molar-refractivity contribution in [2.75, 3.05) is 0 Å². The number of aliphatic hydroxyl groups is 2. The average Bonchev–Trinajstić information content (AvgIpc) is 2.23. The highest BCUT2D eigenvalue weighted by molar-refractivity contribution is 6.07. The van der Waals surface area contributed by atoms with Gasteiger partial charge in [0.25, 0.3) is 0 Å². The fourth-order valence-electron chi connectivity index (χ4n) is 0.942. The number of phenolic OH excluding ortho intramolecular Hbond substituents is 3. The van der Waals surface area contributed by atoms with Crippen molar-refractivity contribution < 1.29 is 30.3 Å². The molecule has 0 aliphatic heterocycles. The molecule has 80 valence electrons. The number of allylic oxidation sites excluding steroid dienone is 1. The lowest BCUT2D eigenvalue weighted by molar-refractivity contribution is 0.0970. The van der Waals surface area contributed by atoms with E-state index < -0.39 is 28.8 Å². The first-order valence-electron chi connectivity index (χ1n) is 3.80. The number of phenols is 3. The summed E-state index contributed by atoms with van der Waals surface area (Å²) in [5.41, 5.74) is -0.273. The summed E-state index contributed by atoms with van der Waals surface area (Å²) in [4.78, 5) is 11.2. The Hall–Kier alpha value is -2.37. The van der Waals surface area contributed by atoms with Gasteiger partial charge in [-0.3, -0.25) is 4.79 Å². The number of aliphatic hydroxyl groups excluding tert-OH is 2. The summed E-state index contributed by atoms with van der Waals surface area (Å²) in [6, 6.07) is 1.69. The summed E-state index contributed by atoms with van der Waals surface area (Å²) >= 11 is 0. The van der Waals surface area contributed by atoms with E-state index in [4.69, 9.17) is 25.5 Å². The van der Waals surface area contributed by atoms with Crippen molar-refractivity contribution in [1.82, 2.24) is 0 Å². The molecule has 0 spiro atoms. The maximum Gasteiger partial charge on any atom is 0.230 e.